The lowest BCUT2D eigenvalue weighted by Gasteiger charge is -2.15. The first-order valence-electron chi connectivity index (χ1n) is 8.31. The molecule has 4 heteroatoms. The van der Waals surface area contributed by atoms with Crippen molar-refractivity contribution in [3.05, 3.63) is 59.7 Å². The van der Waals surface area contributed by atoms with E-state index in [2.05, 4.69) is 12.2 Å². The van der Waals surface area contributed by atoms with Gasteiger partial charge < -0.3 is 14.8 Å². The van der Waals surface area contributed by atoms with Crippen LogP contribution in [0.2, 0.25) is 0 Å². The van der Waals surface area contributed by atoms with Crippen LogP contribution in [-0.2, 0) is 11.2 Å². The van der Waals surface area contributed by atoms with Crippen molar-refractivity contribution in [1.82, 2.24) is 5.32 Å². The fraction of sp³-hybridized carbons (Fsp3) is 0.350. The molecule has 0 aliphatic carbocycles. The molecule has 0 saturated carbocycles. The number of aryl methyl sites for hydroxylation is 2. The molecule has 2 aromatic rings. The maximum Gasteiger partial charge on any atom is 0.260 e. The van der Waals surface area contributed by atoms with Crippen LogP contribution in [0.5, 0.6) is 11.5 Å². The van der Waals surface area contributed by atoms with Crippen LogP contribution < -0.4 is 14.8 Å². The third-order valence-electron chi connectivity index (χ3n) is 3.67. The van der Waals surface area contributed by atoms with E-state index in [9.17, 15) is 4.79 Å². The van der Waals surface area contributed by atoms with Crippen LogP contribution in [0.3, 0.4) is 0 Å². The smallest absolute Gasteiger partial charge is 0.260 e. The van der Waals surface area contributed by atoms with Crippen molar-refractivity contribution < 1.29 is 14.3 Å². The molecular weight excluding hydrogens is 302 g/mol. The molecule has 128 valence electrons. The van der Waals surface area contributed by atoms with Crippen molar-refractivity contribution in [2.24, 2.45) is 0 Å². The lowest BCUT2D eigenvalue weighted by molar-refractivity contribution is -0.127. The predicted octanol–water partition coefficient (Wildman–Crippen LogP) is 3.52. The van der Waals surface area contributed by atoms with E-state index < -0.39 is 6.10 Å². The second kappa shape index (κ2) is 8.96. The summed E-state index contributed by atoms with van der Waals surface area (Å²) < 4.78 is 11.3. The average molecular weight is 327 g/mol. The first-order chi connectivity index (χ1) is 11.6. The first-order valence-corrected chi connectivity index (χ1v) is 8.31. The molecule has 0 fully saturated rings. The highest BCUT2D eigenvalue weighted by molar-refractivity contribution is 5.80. The van der Waals surface area contributed by atoms with Gasteiger partial charge in [0.25, 0.3) is 5.91 Å². The highest BCUT2D eigenvalue weighted by atomic mass is 16.5. The molecule has 2 rings (SSSR count). The van der Waals surface area contributed by atoms with Gasteiger partial charge in [-0.15, -0.1) is 0 Å². The highest BCUT2D eigenvalue weighted by Gasteiger charge is 2.14. The Morgan fingerprint density at radius 1 is 1.12 bits per heavy atom. The predicted molar refractivity (Wildman–Crippen MR) is 95.6 cm³/mol. The van der Waals surface area contributed by atoms with Gasteiger partial charge in [0, 0.05) is 0 Å². The fourth-order valence-corrected chi connectivity index (χ4v) is 2.25. The number of ether oxygens (including phenoxy) is 2. The molecule has 0 aromatic heterocycles. The van der Waals surface area contributed by atoms with Crippen molar-refractivity contribution in [2.75, 3.05) is 13.2 Å². The minimum absolute atomic E-state index is 0.151. The number of benzene rings is 2. The van der Waals surface area contributed by atoms with Gasteiger partial charge in [-0.2, -0.15) is 0 Å². The van der Waals surface area contributed by atoms with Gasteiger partial charge in [-0.25, -0.2) is 0 Å². The van der Waals surface area contributed by atoms with Gasteiger partial charge in [0.15, 0.2) is 6.10 Å². The number of nitrogens with one attached hydrogen (secondary N) is 1. The van der Waals surface area contributed by atoms with Crippen LogP contribution in [-0.4, -0.2) is 25.2 Å². The Kier molecular flexibility index (Phi) is 6.67. The average Bonchev–Trinajstić information content (AvgIpc) is 2.59. The molecular formula is C20H25NO3. The summed E-state index contributed by atoms with van der Waals surface area (Å²) in [4.78, 5) is 12.0. The summed E-state index contributed by atoms with van der Waals surface area (Å²) in [6.07, 6.45) is 0.463. The second-order valence-corrected chi connectivity index (χ2v) is 5.71. The molecule has 0 saturated heterocycles. The minimum Gasteiger partial charge on any atom is -0.492 e. The summed E-state index contributed by atoms with van der Waals surface area (Å²) in [5.41, 5.74) is 2.38. The molecule has 0 unspecified atom stereocenters. The van der Waals surface area contributed by atoms with E-state index in [1.165, 1.54) is 5.56 Å². The van der Waals surface area contributed by atoms with Crippen LogP contribution in [0.25, 0.3) is 0 Å². The molecule has 0 heterocycles. The molecule has 0 aliphatic heterocycles. The monoisotopic (exact) mass is 327 g/mol. The minimum atomic E-state index is -0.546. The summed E-state index contributed by atoms with van der Waals surface area (Å²) in [6, 6.07) is 15.6. The van der Waals surface area contributed by atoms with Crippen molar-refractivity contribution in [3.63, 3.8) is 0 Å². The maximum absolute atomic E-state index is 12.0. The SMILES string of the molecule is CCc1ccc(OCCNC(=O)[C@H](C)Oc2cccc(C)c2)cc1. The Bertz CT molecular complexity index is 652. The van der Waals surface area contributed by atoms with Crippen molar-refractivity contribution in [3.8, 4) is 11.5 Å². The fourth-order valence-electron chi connectivity index (χ4n) is 2.25. The lowest BCUT2D eigenvalue weighted by Crippen LogP contribution is -2.38. The third kappa shape index (κ3) is 5.61. The van der Waals surface area contributed by atoms with Crippen LogP contribution in [0.15, 0.2) is 48.5 Å². The standard InChI is InChI=1S/C20H25NO3/c1-4-17-8-10-18(11-9-17)23-13-12-21-20(22)16(3)24-19-7-5-6-15(2)14-19/h5-11,14,16H,4,12-13H2,1-3H3,(H,21,22)/t16-/m0/s1. The lowest BCUT2D eigenvalue weighted by atomic mass is 10.2. The molecule has 1 amide bonds. The maximum atomic E-state index is 12.0. The summed E-state index contributed by atoms with van der Waals surface area (Å²) >= 11 is 0. The number of carbonyl (C=O) groups excluding carboxylic acids is 1. The normalized spacial score (nSPS) is 11.6. The van der Waals surface area contributed by atoms with Gasteiger partial charge in [0.1, 0.15) is 18.1 Å². The Balaban J connectivity index is 1.70. The number of amides is 1. The molecule has 0 bridgehead atoms. The van der Waals surface area contributed by atoms with Crippen molar-refractivity contribution in [1.29, 1.82) is 0 Å². The van der Waals surface area contributed by atoms with Crippen LogP contribution >= 0.6 is 0 Å². The number of rotatable bonds is 8. The summed E-state index contributed by atoms with van der Waals surface area (Å²) in [7, 11) is 0. The molecule has 4 nitrogen and oxygen atoms in total. The number of hydrogen-bond acceptors (Lipinski definition) is 3. The van der Waals surface area contributed by atoms with E-state index >= 15 is 0 Å². The largest absolute Gasteiger partial charge is 0.492 e. The summed E-state index contributed by atoms with van der Waals surface area (Å²) in [6.45, 7) is 6.71. The van der Waals surface area contributed by atoms with Gasteiger partial charge in [-0.3, -0.25) is 4.79 Å². The molecule has 0 spiro atoms. The quantitative estimate of drug-likeness (QED) is 0.755. The van der Waals surface area contributed by atoms with Gasteiger partial charge in [-0.1, -0.05) is 31.2 Å². The molecule has 0 radical (unpaired) electrons. The van der Waals surface area contributed by atoms with E-state index in [0.29, 0.717) is 18.9 Å². The number of hydrogen-bond donors (Lipinski definition) is 1. The second-order valence-electron chi connectivity index (χ2n) is 5.71. The Labute approximate surface area is 143 Å². The summed E-state index contributed by atoms with van der Waals surface area (Å²) in [5, 5.41) is 2.82. The molecule has 0 aliphatic rings. The van der Waals surface area contributed by atoms with Gasteiger partial charge in [0.05, 0.1) is 6.54 Å². The van der Waals surface area contributed by atoms with Crippen LogP contribution in [0, 0.1) is 6.92 Å². The van der Waals surface area contributed by atoms with E-state index in [-0.39, 0.29) is 5.91 Å². The summed E-state index contributed by atoms with van der Waals surface area (Å²) in [5.74, 6) is 1.36. The first kappa shape index (κ1) is 17.9. The zero-order valence-electron chi connectivity index (χ0n) is 14.5. The van der Waals surface area contributed by atoms with E-state index in [4.69, 9.17) is 9.47 Å². The Morgan fingerprint density at radius 3 is 2.54 bits per heavy atom. The highest BCUT2D eigenvalue weighted by Crippen LogP contribution is 2.14. The zero-order valence-corrected chi connectivity index (χ0v) is 14.5. The van der Waals surface area contributed by atoms with Gasteiger partial charge >= 0.3 is 0 Å². The molecule has 1 N–H and O–H groups in total. The molecule has 2 aromatic carbocycles. The van der Waals surface area contributed by atoms with Crippen molar-refractivity contribution >= 4 is 5.91 Å². The van der Waals surface area contributed by atoms with Gasteiger partial charge in [-0.05, 0) is 55.7 Å². The topological polar surface area (TPSA) is 47.6 Å². The third-order valence-corrected chi connectivity index (χ3v) is 3.67. The number of carbonyl (C=O) groups is 1. The molecule has 24 heavy (non-hydrogen) atoms. The van der Waals surface area contributed by atoms with Crippen LogP contribution in [0.1, 0.15) is 25.0 Å². The van der Waals surface area contributed by atoms with Crippen LogP contribution in [0.4, 0.5) is 0 Å². The van der Waals surface area contributed by atoms with E-state index in [1.807, 2.05) is 55.5 Å². The Hall–Kier alpha value is -2.49. The van der Waals surface area contributed by atoms with Crippen molar-refractivity contribution in [2.45, 2.75) is 33.3 Å². The van der Waals surface area contributed by atoms with E-state index in [1.54, 1.807) is 6.92 Å². The zero-order chi connectivity index (χ0) is 17.4. The van der Waals surface area contributed by atoms with Gasteiger partial charge in [0.2, 0.25) is 0 Å². The van der Waals surface area contributed by atoms with E-state index in [0.717, 1.165) is 17.7 Å². The molecule has 1 atom stereocenters. The Morgan fingerprint density at radius 2 is 1.88 bits per heavy atom.